The molecular weight excluding hydrogens is 411 g/mol. The number of anilines is 1. The Kier molecular flexibility index (Phi) is 5.41. The molecule has 8 heteroatoms. The number of nitrogens with zero attached hydrogens (tertiary/aromatic N) is 2. The molecule has 0 spiro atoms. The molecule has 1 N–H and O–H groups in total. The number of carbonyl (C=O) groups is 1. The molecule has 1 aromatic heterocycles. The molecule has 0 unspecified atom stereocenters. The van der Waals surface area contributed by atoms with Crippen LogP contribution in [0.5, 0.6) is 0 Å². The third kappa shape index (κ3) is 4.44. The molecular formula is C22H14F3N3OS. The zero-order chi connectivity index (χ0) is 21.1. The summed E-state index contributed by atoms with van der Waals surface area (Å²) in [5.41, 5.74) is -0.351. The fraction of sp³-hybridized carbons (Fsp3) is 0.0455. The Morgan fingerprint density at radius 1 is 0.967 bits per heavy atom. The summed E-state index contributed by atoms with van der Waals surface area (Å²) in [5.74, 6) is -0.476. The van der Waals surface area contributed by atoms with Gasteiger partial charge >= 0.3 is 6.18 Å². The van der Waals surface area contributed by atoms with Crippen LogP contribution in [0.1, 0.15) is 15.9 Å². The molecule has 0 saturated carbocycles. The van der Waals surface area contributed by atoms with Crippen molar-refractivity contribution in [2.24, 2.45) is 0 Å². The van der Waals surface area contributed by atoms with Gasteiger partial charge < -0.3 is 5.32 Å². The molecule has 0 bridgehead atoms. The molecule has 0 fully saturated rings. The summed E-state index contributed by atoms with van der Waals surface area (Å²) in [5, 5.41) is 4.89. The van der Waals surface area contributed by atoms with Gasteiger partial charge in [0.1, 0.15) is 11.4 Å². The minimum absolute atomic E-state index is 0.0859. The van der Waals surface area contributed by atoms with E-state index < -0.39 is 17.6 Å². The van der Waals surface area contributed by atoms with Gasteiger partial charge in [0, 0.05) is 22.3 Å². The first-order chi connectivity index (χ1) is 14.4. The average molecular weight is 425 g/mol. The molecule has 4 rings (SSSR count). The number of nitrogens with one attached hydrogen (secondary N) is 1. The number of benzene rings is 3. The van der Waals surface area contributed by atoms with Gasteiger partial charge in [-0.25, -0.2) is 9.97 Å². The van der Waals surface area contributed by atoms with Crippen molar-refractivity contribution >= 4 is 34.1 Å². The highest BCUT2D eigenvalue weighted by atomic mass is 32.2. The second-order valence-corrected chi connectivity index (χ2v) is 7.46. The molecule has 0 aliphatic heterocycles. The first-order valence-corrected chi connectivity index (χ1v) is 9.67. The molecule has 4 nitrogen and oxygen atoms in total. The quantitative estimate of drug-likeness (QED) is 0.404. The smallest absolute Gasteiger partial charge is 0.322 e. The number of fused-ring (bicyclic) bond motifs is 1. The molecule has 0 radical (unpaired) electrons. The second-order valence-electron chi connectivity index (χ2n) is 6.37. The highest BCUT2D eigenvalue weighted by Crippen LogP contribution is 2.32. The van der Waals surface area contributed by atoms with Crippen LogP contribution in [0.15, 0.2) is 89.2 Å². The van der Waals surface area contributed by atoms with Crippen LogP contribution in [0, 0.1) is 0 Å². The maximum Gasteiger partial charge on any atom is 0.416 e. The standard InChI is InChI=1S/C22H14F3N3OS/c23-22(24,25)15-4-2-5-16(12-15)28-21(29)19-6-1-3-14-11-17(7-8-18(14)19)30-20-9-10-26-13-27-20/h1-13H,(H,28,29). The number of amides is 1. The summed E-state index contributed by atoms with van der Waals surface area (Å²) in [4.78, 5) is 21.8. The zero-order valence-electron chi connectivity index (χ0n) is 15.4. The van der Waals surface area contributed by atoms with Crippen LogP contribution in [-0.4, -0.2) is 15.9 Å². The Balaban J connectivity index is 1.60. The normalized spacial score (nSPS) is 11.4. The number of hydrogen-bond donors (Lipinski definition) is 1. The number of aromatic nitrogens is 2. The third-order valence-electron chi connectivity index (χ3n) is 4.32. The largest absolute Gasteiger partial charge is 0.416 e. The molecule has 4 aromatic rings. The Bertz CT molecular complexity index is 1210. The summed E-state index contributed by atoms with van der Waals surface area (Å²) < 4.78 is 38.7. The highest BCUT2D eigenvalue weighted by molar-refractivity contribution is 7.99. The van der Waals surface area contributed by atoms with Gasteiger partial charge in [0.2, 0.25) is 0 Å². The average Bonchev–Trinajstić information content (AvgIpc) is 2.73. The fourth-order valence-corrected chi connectivity index (χ4v) is 3.75. The van der Waals surface area contributed by atoms with Crippen LogP contribution in [-0.2, 0) is 6.18 Å². The maximum atomic E-state index is 12.9. The molecule has 1 heterocycles. The van der Waals surface area contributed by atoms with E-state index in [4.69, 9.17) is 0 Å². The summed E-state index contributed by atoms with van der Waals surface area (Å²) in [6.07, 6.45) is -1.34. The fourth-order valence-electron chi connectivity index (χ4n) is 2.95. The summed E-state index contributed by atoms with van der Waals surface area (Å²) in [6, 6.07) is 17.2. The predicted molar refractivity (Wildman–Crippen MR) is 110 cm³/mol. The van der Waals surface area contributed by atoms with Gasteiger partial charge in [-0.2, -0.15) is 13.2 Å². The van der Waals surface area contributed by atoms with Gasteiger partial charge in [0.15, 0.2) is 0 Å². The maximum absolute atomic E-state index is 12.9. The third-order valence-corrected chi connectivity index (χ3v) is 5.26. The van der Waals surface area contributed by atoms with E-state index in [1.165, 1.54) is 30.2 Å². The van der Waals surface area contributed by atoms with Gasteiger partial charge in [-0.15, -0.1) is 0 Å². The second kappa shape index (κ2) is 8.16. The SMILES string of the molecule is O=C(Nc1cccc(C(F)(F)F)c1)c1cccc2cc(Sc3ccncn3)ccc12. The number of halogens is 3. The van der Waals surface area contributed by atoms with Crippen molar-refractivity contribution in [3.05, 3.63) is 90.4 Å². The summed E-state index contributed by atoms with van der Waals surface area (Å²) in [6.45, 7) is 0. The van der Waals surface area contributed by atoms with Crippen molar-refractivity contribution < 1.29 is 18.0 Å². The molecule has 0 aliphatic carbocycles. The van der Waals surface area contributed by atoms with E-state index in [-0.39, 0.29) is 5.69 Å². The van der Waals surface area contributed by atoms with E-state index >= 15 is 0 Å². The van der Waals surface area contributed by atoms with Crippen LogP contribution in [0.25, 0.3) is 10.8 Å². The van der Waals surface area contributed by atoms with Gasteiger partial charge in [-0.3, -0.25) is 4.79 Å². The topological polar surface area (TPSA) is 54.9 Å². The number of hydrogen-bond acceptors (Lipinski definition) is 4. The predicted octanol–water partition coefficient (Wildman–Crippen LogP) is 6.05. The van der Waals surface area contributed by atoms with Crippen LogP contribution in [0.2, 0.25) is 0 Å². The highest BCUT2D eigenvalue weighted by Gasteiger charge is 2.30. The van der Waals surface area contributed by atoms with Crippen LogP contribution < -0.4 is 5.32 Å². The van der Waals surface area contributed by atoms with Crippen molar-refractivity contribution in [2.75, 3.05) is 5.32 Å². The monoisotopic (exact) mass is 425 g/mol. The first kappa shape index (κ1) is 19.9. The minimum Gasteiger partial charge on any atom is -0.322 e. The summed E-state index contributed by atoms with van der Waals surface area (Å²) in [7, 11) is 0. The van der Waals surface area contributed by atoms with Gasteiger partial charge in [0.25, 0.3) is 5.91 Å². The Labute approximate surface area is 174 Å². The Morgan fingerprint density at radius 3 is 2.57 bits per heavy atom. The molecule has 30 heavy (non-hydrogen) atoms. The lowest BCUT2D eigenvalue weighted by Crippen LogP contribution is -2.13. The van der Waals surface area contributed by atoms with Crippen molar-refractivity contribution in [3.63, 3.8) is 0 Å². The van der Waals surface area contributed by atoms with Crippen LogP contribution >= 0.6 is 11.8 Å². The first-order valence-electron chi connectivity index (χ1n) is 8.85. The molecule has 0 saturated heterocycles. The van der Waals surface area contributed by atoms with E-state index in [0.29, 0.717) is 10.9 Å². The molecule has 0 aliphatic rings. The van der Waals surface area contributed by atoms with E-state index in [1.54, 1.807) is 24.4 Å². The van der Waals surface area contributed by atoms with Crippen molar-refractivity contribution in [2.45, 2.75) is 16.1 Å². The van der Waals surface area contributed by atoms with Crippen LogP contribution in [0.4, 0.5) is 18.9 Å². The van der Waals surface area contributed by atoms with Gasteiger partial charge in [-0.1, -0.05) is 36.0 Å². The van der Waals surface area contributed by atoms with Gasteiger partial charge in [-0.05, 0) is 53.2 Å². The zero-order valence-corrected chi connectivity index (χ0v) is 16.2. The minimum atomic E-state index is -4.47. The lowest BCUT2D eigenvalue weighted by molar-refractivity contribution is -0.137. The Morgan fingerprint density at radius 2 is 1.80 bits per heavy atom. The molecule has 1 amide bonds. The molecule has 0 atom stereocenters. The van der Waals surface area contributed by atoms with Crippen molar-refractivity contribution in [1.29, 1.82) is 0 Å². The van der Waals surface area contributed by atoms with E-state index in [9.17, 15) is 18.0 Å². The summed E-state index contributed by atoms with van der Waals surface area (Å²) >= 11 is 1.46. The van der Waals surface area contributed by atoms with Crippen molar-refractivity contribution in [3.8, 4) is 0 Å². The number of alkyl halides is 3. The van der Waals surface area contributed by atoms with Crippen molar-refractivity contribution in [1.82, 2.24) is 9.97 Å². The lowest BCUT2D eigenvalue weighted by Gasteiger charge is -2.11. The Hall–Kier alpha value is -3.39. The number of carbonyl (C=O) groups excluding carboxylic acids is 1. The molecule has 3 aromatic carbocycles. The number of rotatable bonds is 4. The molecule has 150 valence electrons. The van der Waals surface area contributed by atoms with E-state index in [2.05, 4.69) is 15.3 Å². The lowest BCUT2D eigenvalue weighted by atomic mass is 10.0. The van der Waals surface area contributed by atoms with Gasteiger partial charge in [0.05, 0.1) is 5.56 Å². The van der Waals surface area contributed by atoms with E-state index in [0.717, 1.165) is 27.4 Å². The van der Waals surface area contributed by atoms with Crippen LogP contribution in [0.3, 0.4) is 0 Å². The van der Waals surface area contributed by atoms with E-state index in [1.807, 2.05) is 24.3 Å².